The van der Waals surface area contributed by atoms with Crippen LogP contribution in [0.25, 0.3) is 0 Å². The minimum atomic E-state index is -0.936. The highest BCUT2D eigenvalue weighted by Gasteiger charge is 2.25. The van der Waals surface area contributed by atoms with Gasteiger partial charge in [-0.05, 0) is 31.4 Å². The van der Waals surface area contributed by atoms with Crippen LogP contribution in [0.3, 0.4) is 0 Å². The van der Waals surface area contributed by atoms with Crippen molar-refractivity contribution in [2.45, 2.75) is 45.1 Å². The van der Waals surface area contributed by atoms with Crippen molar-refractivity contribution >= 4 is 22.9 Å². The van der Waals surface area contributed by atoms with Crippen LogP contribution >= 0.6 is 12.2 Å². The average Bonchev–Trinajstić information content (AvgIpc) is 2.66. The van der Waals surface area contributed by atoms with Crippen molar-refractivity contribution in [3.8, 4) is 0 Å². The van der Waals surface area contributed by atoms with Gasteiger partial charge in [-0.25, -0.2) is 8.78 Å². The number of nitrogens with two attached hydrogens (primary N) is 1. The van der Waals surface area contributed by atoms with Crippen LogP contribution in [0, 0.1) is 11.6 Å². The second kappa shape index (κ2) is 6.48. The zero-order valence-electron chi connectivity index (χ0n) is 11.7. The lowest BCUT2D eigenvalue weighted by atomic mass is 10.1. The summed E-state index contributed by atoms with van der Waals surface area (Å²) in [7, 11) is 0. The van der Waals surface area contributed by atoms with Gasteiger partial charge in [0.05, 0.1) is 5.69 Å². The van der Waals surface area contributed by atoms with Gasteiger partial charge in [0.25, 0.3) is 0 Å². The second-order valence-corrected chi connectivity index (χ2v) is 5.67. The first-order valence-corrected chi connectivity index (χ1v) is 7.51. The van der Waals surface area contributed by atoms with Crippen molar-refractivity contribution in [1.82, 2.24) is 0 Å². The molecule has 0 amide bonds. The third kappa shape index (κ3) is 2.92. The number of rotatable bonds is 3. The van der Waals surface area contributed by atoms with Gasteiger partial charge in [0.15, 0.2) is 11.6 Å². The lowest BCUT2D eigenvalue weighted by Gasteiger charge is -2.32. The summed E-state index contributed by atoms with van der Waals surface area (Å²) in [5, 5.41) is 0. The fraction of sp³-hybridized carbons (Fsp3) is 0.533. The molecule has 0 aliphatic carbocycles. The maximum atomic E-state index is 14.3. The second-order valence-electron chi connectivity index (χ2n) is 5.23. The highest BCUT2D eigenvalue weighted by atomic mass is 32.1. The quantitative estimate of drug-likeness (QED) is 0.862. The minimum absolute atomic E-state index is 0.0240. The van der Waals surface area contributed by atoms with Gasteiger partial charge in [-0.15, -0.1) is 0 Å². The smallest absolute Gasteiger partial charge is 0.182 e. The van der Waals surface area contributed by atoms with E-state index < -0.39 is 11.6 Å². The predicted molar refractivity (Wildman–Crippen MR) is 82.1 cm³/mol. The normalized spacial score (nSPS) is 19.8. The number of halogens is 2. The van der Waals surface area contributed by atoms with E-state index >= 15 is 0 Å². The third-order valence-corrected chi connectivity index (χ3v) is 4.21. The molecule has 1 aromatic carbocycles. The zero-order chi connectivity index (χ0) is 14.7. The Kier molecular flexibility index (Phi) is 4.91. The van der Waals surface area contributed by atoms with Gasteiger partial charge in [-0.1, -0.05) is 32.0 Å². The summed E-state index contributed by atoms with van der Waals surface area (Å²) >= 11 is 4.73. The Morgan fingerprint density at radius 1 is 1.30 bits per heavy atom. The van der Waals surface area contributed by atoms with E-state index in [1.807, 2.05) is 4.90 Å². The molecular formula is C15H20F2N2S. The molecule has 1 atom stereocenters. The van der Waals surface area contributed by atoms with E-state index in [-0.39, 0.29) is 16.6 Å². The standard InChI is InChI=1S/C15H20F2N2S/c1-2-10-6-4-3-5-9-19(10)12-8-7-11(15(18)20)13(16)14(12)17/h7-8,10H,2-6,9H2,1H3,(H2,18,20). The Balaban J connectivity index is 2.40. The summed E-state index contributed by atoms with van der Waals surface area (Å²) < 4.78 is 28.3. The molecule has 1 saturated heterocycles. The molecule has 110 valence electrons. The van der Waals surface area contributed by atoms with Crippen LogP contribution in [0.1, 0.15) is 44.6 Å². The van der Waals surface area contributed by atoms with E-state index in [1.54, 1.807) is 6.07 Å². The fourth-order valence-electron chi connectivity index (χ4n) is 2.87. The predicted octanol–water partition coefficient (Wildman–Crippen LogP) is 3.76. The molecular weight excluding hydrogens is 278 g/mol. The first kappa shape index (κ1) is 15.2. The molecule has 0 radical (unpaired) electrons. The van der Waals surface area contributed by atoms with Gasteiger partial charge in [0.2, 0.25) is 0 Å². The third-order valence-electron chi connectivity index (χ3n) is 3.99. The molecule has 2 N–H and O–H groups in total. The maximum Gasteiger partial charge on any atom is 0.182 e. The number of hydrogen-bond donors (Lipinski definition) is 1. The molecule has 1 aromatic rings. The Hall–Kier alpha value is -1.23. The topological polar surface area (TPSA) is 29.3 Å². The van der Waals surface area contributed by atoms with E-state index in [9.17, 15) is 8.78 Å². The molecule has 20 heavy (non-hydrogen) atoms. The van der Waals surface area contributed by atoms with Crippen molar-refractivity contribution < 1.29 is 8.78 Å². The number of nitrogens with zero attached hydrogens (tertiary/aromatic N) is 1. The number of benzene rings is 1. The molecule has 1 fully saturated rings. The van der Waals surface area contributed by atoms with Crippen molar-refractivity contribution in [1.29, 1.82) is 0 Å². The monoisotopic (exact) mass is 298 g/mol. The van der Waals surface area contributed by atoms with E-state index in [0.29, 0.717) is 5.69 Å². The SMILES string of the molecule is CCC1CCCCCN1c1ccc(C(N)=S)c(F)c1F. The first-order valence-electron chi connectivity index (χ1n) is 7.10. The van der Waals surface area contributed by atoms with Gasteiger partial charge >= 0.3 is 0 Å². The summed E-state index contributed by atoms with van der Waals surface area (Å²) in [6.45, 7) is 2.85. The largest absolute Gasteiger partial charge is 0.389 e. The van der Waals surface area contributed by atoms with Crippen LogP contribution in [-0.2, 0) is 0 Å². The molecule has 1 heterocycles. The molecule has 0 aromatic heterocycles. The summed E-state index contributed by atoms with van der Waals surface area (Å²) in [4.78, 5) is 1.88. The molecule has 5 heteroatoms. The molecule has 0 bridgehead atoms. The number of hydrogen-bond acceptors (Lipinski definition) is 2. The summed E-state index contributed by atoms with van der Waals surface area (Å²) in [5.74, 6) is -1.77. The van der Waals surface area contributed by atoms with Crippen LogP contribution < -0.4 is 10.6 Å². The van der Waals surface area contributed by atoms with Crippen LogP contribution in [0.4, 0.5) is 14.5 Å². The van der Waals surface area contributed by atoms with E-state index in [1.165, 1.54) is 6.07 Å². The zero-order valence-corrected chi connectivity index (χ0v) is 12.5. The van der Waals surface area contributed by atoms with Crippen LogP contribution in [-0.4, -0.2) is 17.6 Å². The van der Waals surface area contributed by atoms with Gasteiger partial charge in [0, 0.05) is 18.2 Å². The summed E-state index contributed by atoms with van der Waals surface area (Å²) in [6.07, 6.45) is 5.24. The molecule has 1 aliphatic rings. The van der Waals surface area contributed by atoms with Crippen molar-refractivity contribution in [2.24, 2.45) is 5.73 Å². The lowest BCUT2D eigenvalue weighted by molar-refractivity contribution is 0.492. The molecule has 2 nitrogen and oxygen atoms in total. The van der Waals surface area contributed by atoms with E-state index in [0.717, 1.165) is 38.6 Å². The van der Waals surface area contributed by atoms with Crippen molar-refractivity contribution in [2.75, 3.05) is 11.4 Å². The summed E-state index contributed by atoms with van der Waals surface area (Å²) in [6, 6.07) is 3.34. The van der Waals surface area contributed by atoms with Gasteiger partial charge in [-0.2, -0.15) is 0 Å². The first-order chi connectivity index (χ1) is 9.56. The Morgan fingerprint density at radius 2 is 2.05 bits per heavy atom. The van der Waals surface area contributed by atoms with Crippen LogP contribution in [0.2, 0.25) is 0 Å². The highest BCUT2D eigenvalue weighted by Crippen LogP contribution is 2.30. The van der Waals surface area contributed by atoms with Gasteiger partial charge < -0.3 is 10.6 Å². The van der Waals surface area contributed by atoms with Crippen LogP contribution in [0.5, 0.6) is 0 Å². The molecule has 0 saturated carbocycles. The molecule has 1 aliphatic heterocycles. The van der Waals surface area contributed by atoms with Gasteiger partial charge in [0.1, 0.15) is 4.99 Å². The summed E-state index contributed by atoms with van der Waals surface area (Å²) in [5.41, 5.74) is 5.71. The fourth-order valence-corrected chi connectivity index (χ4v) is 3.03. The molecule has 1 unspecified atom stereocenters. The molecule has 2 rings (SSSR count). The Morgan fingerprint density at radius 3 is 2.70 bits per heavy atom. The van der Waals surface area contributed by atoms with Crippen molar-refractivity contribution in [3.63, 3.8) is 0 Å². The van der Waals surface area contributed by atoms with E-state index in [2.05, 4.69) is 6.92 Å². The minimum Gasteiger partial charge on any atom is -0.389 e. The lowest BCUT2D eigenvalue weighted by Crippen LogP contribution is -2.35. The van der Waals surface area contributed by atoms with E-state index in [4.69, 9.17) is 18.0 Å². The number of anilines is 1. The highest BCUT2D eigenvalue weighted by molar-refractivity contribution is 7.80. The molecule has 0 spiro atoms. The van der Waals surface area contributed by atoms with Crippen LogP contribution in [0.15, 0.2) is 12.1 Å². The number of thiocarbonyl (C=S) groups is 1. The Labute approximate surface area is 123 Å². The van der Waals surface area contributed by atoms with Gasteiger partial charge in [-0.3, -0.25) is 0 Å². The maximum absolute atomic E-state index is 14.3. The van der Waals surface area contributed by atoms with Crippen molar-refractivity contribution in [3.05, 3.63) is 29.3 Å². The average molecular weight is 298 g/mol. The Bertz CT molecular complexity index is 505.